The molecule has 0 spiro atoms. The highest BCUT2D eigenvalue weighted by atomic mass is 32.2. The summed E-state index contributed by atoms with van der Waals surface area (Å²) >= 11 is 1.46. The third-order valence-electron chi connectivity index (χ3n) is 2.37. The number of rotatable bonds is 4. The highest BCUT2D eigenvalue weighted by molar-refractivity contribution is 7.99. The number of aromatic nitrogens is 6. The van der Waals surface area contributed by atoms with Crippen molar-refractivity contribution in [3.63, 3.8) is 0 Å². The molecular formula is C11H11N7S. The lowest BCUT2D eigenvalue weighted by Gasteiger charge is -2.05. The molecule has 3 heterocycles. The number of H-pyrrole nitrogens is 1. The summed E-state index contributed by atoms with van der Waals surface area (Å²) in [5.74, 6) is 0.579. The van der Waals surface area contributed by atoms with Gasteiger partial charge in [-0.1, -0.05) is 0 Å². The lowest BCUT2D eigenvalue weighted by Crippen LogP contribution is -2.03. The van der Waals surface area contributed by atoms with Crippen molar-refractivity contribution in [1.82, 2.24) is 30.1 Å². The summed E-state index contributed by atoms with van der Waals surface area (Å²) in [6.07, 6.45) is 4.93. The van der Waals surface area contributed by atoms with Crippen molar-refractivity contribution >= 4 is 28.7 Å². The first-order valence-corrected chi connectivity index (χ1v) is 6.57. The van der Waals surface area contributed by atoms with Crippen LogP contribution in [0.5, 0.6) is 0 Å². The third-order valence-corrected chi connectivity index (χ3v) is 3.32. The molecule has 0 aromatic carbocycles. The topological polar surface area (TPSA) is 92.3 Å². The van der Waals surface area contributed by atoms with E-state index in [-0.39, 0.29) is 0 Å². The summed E-state index contributed by atoms with van der Waals surface area (Å²) in [6.45, 7) is 2.76. The molecule has 3 aromatic heterocycles. The fraction of sp³-hybridized carbons (Fsp3) is 0.182. The second-order valence-corrected chi connectivity index (χ2v) is 4.67. The van der Waals surface area contributed by atoms with Crippen LogP contribution in [-0.4, -0.2) is 36.7 Å². The number of nitrogens with one attached hydrogen (secondary N) is 2. The molecule has 0 aliphatic heterocycles. The van der Waals surface area contributed by atoms with Gasteiger partial charge in [0.2, 0.25) is 5.95 Å². The van der Waals surface area contributed by atoms with Crippen molar-refractivity contribution in [3.05, 3.63) is 24.8 Å². The Bertz CT molecular complexity index is 682. The van der Waals surface area contributed by atoms with Crippen LogP contribution in [0.3, 0.4) is 0 Å². The Hall–Kier alpha value is -2.22. The van der Waals surface area contributed by atoms with Gasteiger partial charge < -0.3 is 5.32 Å². The molecule has 0 aliphatic carbocycles. The van der Waals surface area contributed by atoms with Crippen LogP contribution in [-0.2, 0) is 0 Å². The van der Waals surface area contributed by atoms with Crippen molar-refractivity contribution < 1.29 is 0 Å². The van der Waals surface area contributed by atoms with Gasteiger partial charge in [0.15, 0.2) is 5.65 Å². The summed E-state index contributed by atoms with van der Waals surface area (Å²) in [5, 5.41) is 12.5. The maximum Gasteiger partial charge on any atom is 0.225 e. The molecule has 0 saturated heterocycles. The van der Waals surface area contributed by atoms with Crippen molar-refractivity contribution in [2.24, 2.45) is 0 Å². The first-order valence-electron chi connectivity index (χ1n) is 5.75. The highest BCUT2D eigenvalue weighted by Gasteiger charge is 2.11. The summed E-state index contributed by atoms with van der Waals surface area (Å²) in [6, 6.07) is 1.84. The average Bonchev–Trinajstić information content (AvgIpc) is 2.89. The minimum absolute atomic E-state index is 0.579. The predicted octanol–water partition coefficient (Wildman–Crippen LogP) is 1.73. The lowest BCUT2D eigenvalue weighted by atomic mass is 10.4. The van der Waals surface area contributed by atoms with E-state index in [1.807, 2.05) is 13.0 Å². The van der Waals surface area contributed by atoms with E-state index in [0.29, 0.717) is 11.6 Å². The minimum Gasteiger partial charge on any atom is -0.354 e. The van der Waals surface area contributed by atoms with Gasteiger partial charge >= 0.3 is 0 Å². The Kier molecular flexibility index (Phi) is 3.23. The molecule has 0 atom stereocenters. The number of hydrogen-bond acceptors (Lipinski definition) is 7. The van der Waals surface area contributed by atoms with Crippen LogP contribution in [0.4, 0.5) is 5.95 Å². The lowest BCUT2D eigenvalue weighted by molar-refractivity contribution is 1.02. The molecule has 0 fully saturated rings. The molecule has 19 heavy (non-hydrogen) atoms. The average molecular weight is 273 g/mol. The van der Waals surface area contributed by atoms with Gasteiger partial charge in [0.1, 0.15) is 16.4 Å². The van der Waals surface area contributed by atoms with Gasteiger partial charge in [0.25, 0.3) is 0 Å². The highest BCUT2D eigenvalue weighted by Crippen LogP contribution is 2.29. The predicted molar refractivity (Wildman–Crippen MR) is 72.0 cm³/mol. The summed E-state index contributed by atoms with van der Waals surface area (Å²) in [5.41, 5.74) is 0.711. The SMILES string of the molecule is CCNc1nc(Sc2ccncn2)c2cn[nH]c2n1. The second kappa shape index (κ2) is 5.19. The molecule has 0 radical (unpaired) electrons. The number of aromatic amines is 1. The number of hydrogen-bond donors (Lipinski definition) is 2. The maximum absolute atomic E-state index is 4.48. The van der Waals surface area contributed by atoms with Crippen molar-refractivity contribution in [2.75, 3.05) is 11.9 Å². The Balaban J connectivity index is 2.03. The fourth-order valence-corrected chi connectivity index (χ4v) is 2.38. The van der Waals surface area contributed by atoms with Gasteiger partial charge in [-0.2, -0.15) is 10.1 Å². The van der Waals surface area contributed by atoms with Gasteiger partial charge in [-0.05, 0) is 24.8 Å². The quantitative estimate of drug-likeness (QED) is 0.699. The zero-order chi connectivity index (χ0) is 13.1. The van der Waals surface area contributed by atoms with Crippen LogP contribution in [0, 0.1) is 0 Å². The summed E-state index contributed by atoms with van der Waals surface area (Å²) in [4.78, 5) is 16.9. The fourth-order valence-electron chi connectivity index (χ4n) is 1.56. The Labute approximate surface area is 113 Å². The largest absolute Gasteiger partial charge is 0.354 e. The molecule has 0 saturated carbocycles. The monoisotopic (exact) mass is 273 g/mol. The summed E-state index contributed by atoms with van der Waals surface area (Å²) < 4.78 is 0. The third kappa shape index (κ3) is 2.48. The maximum atomic E-state index is 4.48. The Morgan fingerprint density at radius 2 is 2.32 bits per heavy atom. The normalized spacial score (nSPS) is 10.8. The van der Waals surface area contributed by atoms with Crippen molar-refractivity contribution in [3.8, 4) is 0 Å². The van der Waals surface area contributed by atoms with Crippen LogP contribution in [0.15, 0.2) is 34.8 Å². The van der Waals surface area contributed by atoms with Gasteiger partial charge in [0, 0.05) is 12.7 Å². The molecule has 3 rings (SSSR count). The van der Waals surface area contributed by atoms with Gasteiger partial charge in [-0.25, -0.2) is 15.0 Å². The molecule has 0 amide bonds. The van der Waals surface area contributed by atoms with Gasteiger partial charge in [-0.15, -0.1) is 0 Å². The molecular weight excluding hydrogens is 262 g/mol. The zero-order valence-corrected chi connectivity index (χ0v) is 11.0. The number of anilines is 1. The van der Waals surface area contributed by atoms with E-state index in [2.05, 4.69) is 35.5 Å². The van der Waals surface area contributed by atoms with Gasteiger partial charge in [-0.3, -0.25) is 5.10 Å². The van der Waals surface area contributed by atoms with E-state index in [9.17, 15) is 0 Å². The molecule has 3 aromatic rings. The Morgan fingerprint density at radius 1 is 1.37 bits per heavy atom. The number of fused-ring (bicyclic) bond motifs is 1. The molecule has 7 nitrogen and oxygen atoms in total. The van der Waals surface area contributed by atoms with Crippen LogP contribution in [0.25, 0.3) is 11.0 Å². The smallest absolute Gasteiger partial charge is 0.225 e. The van der Waals surface area contributed by atoms with Crippen LogP contribution >= 0.6 is 11.8 Å². The standard InChI is InChI=1S/C11H11N7S/c1-2-13-11-16-9-7(5-15-18-9)10(17-11)19-8-3-4-12-6-14-8/h3-6H,2H2,1H3,(H2,13,15,16,17,18). The zero-order valence-electron chi connectivity index (χ0n) is 10.2. The van der Waals surface area contributed by atoms with E-state index >= 15 is 0 Å². The van der Waals surface area contributed by atoms with Gasteiger partial charge in [0.05, 0.1) is 11.6 Å². The molecule has 96 valence electrons. The van der Waals surface area contributed by atoms with E-state index in [1.54, 1.807) is 12.4 Å². The molecule has 0 unspecified atom stereocenters. The first-order chi connectivity index (χ1) is 9.36. The summed E-state index contributed by atoms with van der Waals surface area (Å²) in [7, 11) is 0. The van der Waals surface area contributed by atoms with E-state index < -0.39 is 0 Å². The van der Waals surface area contributed by atoms with Crippen LogP contribution in [0.1, 0.15) is 6.92 Å². The van der Waals surface area contributed by atoms with E-state index in [1.165, 1.54) is 18.1 Å². The van der Waals surface area contributed by atoms with Crippen LogP contribution < -0.4 is 5.32 Å². The Morgan fingerprint density at radius 3 is 3.11 bits per heavy atom. The molecule has 2 N–H and O–H groups in total. The second-order valence-electron chi connectivity index (χ2n) is 3.66. The van der Waals surface area contributed by atoms with Crippen LogP contribution in [0.2, 0.25) is 0 Å². The van der Waals surface area contributed by atoms with Crippen molar-refractivity contribution in [2.45, 2.75) is 17.0 Å². The first kappa shape index (κ1) is 11.8. The number of nitrogens with zero attached hydrogens (tertiary/aromatic N) is 5. The molecule has 0 aliphatic rings. The van der Waals surface area contributed by atoms with Crippen molar-refractivity contribution in [1.29, 1.82) is 0 Å². The van der Waals surface area contributed by atoms with E-state index in [4.69, 9.17) is 0 Å². The molecule has 0 bridgehead atoms. The minimum atomic E-state index is 0.579. The molecule has 8 heteroatoms. The van der Waals surface area contributed by atoms with E-state index in [0.717, 1.165) is 22.0 Å².